The Hall–Kier alpha value is -0.830. The van der Waals surface area contributed by atoms with E-state index in [1.54, 1.807) is 0 Å². The molecule has 2 aliphatic carbocycles. The Labute approximate surface area is 116 Å². The van der Waals surface area contributed by atoms with E-state index in [2.05, 4.69) is 16.9 Å². The van der Waals surface area contributed by atoms with Gasteiger partial charge in [-0.15, -0.1) is 0 Å². The molecule has 0 saturated heterocycles. The van der Waals surface area contributed by atoms with Crippen molar-refractivity contribution in [3.63, 3.8) is 0 Å². The second-order valence-corrected chi connectivity index (χ2v) is 6.69. The van der Waals surface area contributed by atoms with Gasteiger partial charge in [0.15, 0.2) is 0 Å². The van der Waals surface area contributed by atoms with Crippen LogP contribution in [0.5, 0.6) is 0 Å². The Morgan fingerprint density at radius 1 is 1.16 bits per heavy atom. The largest absolute Gasteiger partial charge is 0.412 e. The van der Waals surface area contributed by atoms with Crippen LogP contribution >= 0.6 is 0 Å². The van der Waals surface area contributed by atoms with Crippen LogP contribution in [0.25, 0.3) is 0 Å². The van der Waals surface area contributed by atoms with E-state index in [1.165, 1.54) is 63.5 Å². The zero-order chi connectivity index (χ0) is 12.4. The molecule has 19 heavy (non-hydrogen) atoms. The molecule has 1 heterocycles. The minimum atomic E-state index is 0. The van der Waals surface area contributed by atoms with Crippen LogP contribution in [0.3, 0.4) is 0 Å². The topological polar surface area (TPSA) is 60.2 Å². The molecule has 1 atom stereocenters. The van der Waals surface area contributed by atoms with Crippen LogP contribution in [0.15, 0.2) is 12.5 Å². The van der Waals surface area contributed by atoms with Gasteiger partial charge in [-0.1, -0.05) is 26.2 Å². The summed E-state index contributed by atoms with van der Waals surface area (Å²) in [7, 11) is 0. The molecule has 0 aliphatic heterocycles. The van der Waals surface area contributed by atoms with Crippen LogP contribution in [-0.2, 0) is 0 Å². The minimum absolute atomic E-state index is 0. The molecule has 1 aromatic heterocycles. The van der Waals surface area contributed by atoms with Gasteiger partial charge >= 0.3 is 0 Å². The van der Waals surface area contributed by atoms with E-state index >= 15 is 0 Å². The maximum atomic E-state index is 4.17. The van der Waals surface area contributed by atoms with Gasteiger partial charge in [-0.05, 0) is 49.9 Å². The summed E-state index contributed by atoms with van der Waals surface area (Å²) in [5.41, 5.74) is 2.09. The number of rotatable bonds is 2. The van der Waals surface area contributed by atoms with Crippen molar-refractivity contribution in [3.8, 4) is 0 Å². The lowest BCUT2D eigenvalue weighted by molar-refractivity contribution is 0.0899. The van der Waals surface area contributed by atoms with Gasteiger partial charge in [-0.25, -0.2) is 4.98 Å². The summed E-state index contributed by atoms with van der Waals surface area (Å²) < 4.78 is 0. The molecular formula is C16H28N2O. The molecule has 2 aliphatic rings. The van der Waals surface area contributed by atoms with E-state index in [0.717, 1.165) is 11.3 Å². The first-order valence-electron chi connectivity index (χ1n) is 7.77. The predicted molar refractivity (Wildman–Crippen MR) is 78.1 cm³/mol. The highest BCUT2D eigenvalue weighted by atomic mass is 16.0. The van der Waals surface area contributed by atoms with Gasteiger partial charge in [-0.3, -0.25) is 0 Å². The van der Waals surface area contributed by atoms with Gasteiger partial charge in [0.05, 0.1) is 6.33 Å². The highest BCUT2D eigenvalue weighted by Crippen LogP contribution is 2.50. The molecule has 0 radical (unpaired) electrons. The Morgan fingerprint density at radius 2 is 1.84 bits per heavy atom. The number of imidazole rings is 1. The van der Waals surface area contributed by atoms with Crippen LogP contribution in [-0.4, -0.2) is 15.4 Å². The number of aromatic nitrogens is 2. The van der Waals surface area contributed by atoms with Crippen LogP contribution in [0, 0.1) is 11.3 Å². The van der Waals surface area contributed by atoms with E-state index in [1.807, 2.05) is 12.5 Å². The van der Waals surface area contributed by atoms with Crippen molar-refractivity contribution in [1.29, 1.82) is 0 Å². The zero-order valence-electron chi connectivity index (χ0n) is 12.1. The van der Waals surface area contributed by atoms with Gasteiger partial charge in [0.25, 0.3) is 0 Å². The first-order valence-corrected chi connectivity index (χ1v) is 7.77. The first kappa shape index (κ1) is 14.6. The Morgan fingerprint density at radius 3 is 2.42 bits per heavy atom. The van der Waals surface area contributed by atoms with E-state index < -0.39 is 0 Å². The van der Waals surface area contributed by atoms with Gasteiger partial charge in [-0.2, -0.15) is 0 Å². The molecule has 0 amide bonds. The molecule has 1 spiro atoms. The van der Waals surface area contributed by atoms with Crippen LogP contribution < -0.4 is 0 Å². The van der Waals surface area contributed by atoms with Crippen molar-refractivity contribution in [3.05, 3.63) is 18.2 Å². The minimum Gasteiger partial charge on any atom is -0.412 e. The second kappa shape index (κ2) is 6.08. The molecule has 0 aromatic carbocycles. The Balaban J connectivity index is 0.00000133. The van der Waals surface area contributed by atoms with Crippen molar-refractivity contribution >= 4 is 0 Å². The number of nitrogens with zero attached hydrogens (tertiary/aromatic N) is 1. The van der Waals surface area contributed by atoms with E-state index in [9.17, 15) is 0 Å². The fourth-order valence-electron chi connectivity index (χ4n) is 4.32. The third-order valence-electron chi connectivity index (χ3n) is 5.72. The van der Waals surface area contributed by atoms with E-state index in [4.69, 9.17) is 0 Å². The molecule has 3 rings (SSSR count). The molecule has 3 heteroatoms. The quantitative estimate of drug-likeness (QED) is 0.867. The Bertz CT molecular complexity index is 358. The number of nitrogens with one attached hydrogen (secondary N) is 1. The lowest BCUT2D eigenvalue weighted by Crippen LogP contribution is -2.31. The average Bonchev–Trinajstić information content (AvgIpc) is 2.94. The van der Waals surface area contributed by atoms with Gasteiger partial charge < -0.3 is 10.5 Å². The maximum absolute atomic E-state index is 4.17. The smallest absolute Gasteiger partial charge is 0.0921 e. The summed E-state index contributed by atoms with van der Waals surface area (Å²) in [4.78, 5) is 7.46. The molecule has 0 bridgehead atoms. The normalized spacial score (nSPS) is 24.9. The lowest BCUT2D eigenvalue weighted by Gasteiger charge is -2.44. The molecule has 3 N–H and O–H groups in total. The molecular weight excluding hydrogens is 236 g/mol. The average molecular weight is 264 g/mol. The fourth-order valence-corrected chi connectivity index (χ4v) is 4.32. The van der Waals surface area contributed by atoms with E-state index in [-0.39, 0.29) is 5.48 Å². The zero-order valence-corrected chi connectivity index (χ0v) is 12.1. The highest BCUT2D eigenvalue weighted by Gasteiger charge is 2.37. The van der Waals surface area contributed by atoms with Crippen molar-refractivity contribution in [2.24, 2.45) is 11.3 Å². The fraction of sp³-hybridized carbons (Fsp3) is 0.812. The molecule has 1 unspecified atom stereocenters. The number of hydrogen-bond donors (Lipinski definition) is 1. The summed E-state index contributed by atoms with van der Waals surface area (Å²) >= 11 is 0. The third-order valence-corrected chi connectivity index (χ3v) is 5.72. The summed E-state index contributed by atoms with van der Waals surface area (Å²) in [5.74, 6) is 1.53. The molecule has 2 saturated carbocycles. The summed E-state index contributed by atoms with van der Waals surface area (Å²) in [5, 5.41) is 0. The third kappa shape index (κ3) is 3.02. The predicted octanol–water partition coefficient (Wildman–Crippen LogP) is 3.83. The van der Waals surface area contributed by atoms with Crippen LogP contribution in [0.1, 0.15) is 76.3 Å². The van der Waals surface area contributed by atoms with E-state index in [0.29, 0.717) is 5.92 Å². The molecule has 2 fully saturated rings. The number of hydrogen-bond acceptors (Lipinski definition) is 1. The monoisotopic (exact) mass is 264 g/mol. The highest BCUT2D eigenvalue weighted by molar-refractivity contribution is 5.05. The summed E-state index contributed by atoms with van der Waals surface area (Å²) in [6.45, 7) is 2.37. The van der Waals surface area contributed by atoms with Gasteiger partial charge in [0.2, 0.25) is 0 Å². The number of aromatic amines is 1. The second-order valence-electron chi connectivity index (χ2n) is 6.69. The van der Waals surface area contributed by atoms with Crippen molar-refractivity contribution in [2.45, 2.75) is 70.6 Å². The van der Waals surface area contributed by atoms with Crippen LogP contribution in [0.2, 0.25) is 0 Å². The van der Waals surface area contributed by atoms with Crippen LogP contribution in [0.4, 0.5) is 0 Å². The summed E-state index contributed by atoms with van der Waals surface area (Å²) in [6, 6.07) is 0. The molecule has 108 valence electrons. The number of H-pyrrole nitrogens is 1. The lowest BCUT2D eigenvalue weighted by atomic mass is 9.61. The maximum Gasteiger partial charge on any atom is 0.0921 e. The Kier molecular flexibility index (Phi) is 4.67. The molecule has 3 nitrogen and oxygen atoms in total. The van der Waals surface area contributed by atoms with Crippen molar-refractivity contribution in [2.75, 3.05) is 0 Å². The standard InChI is InChI=1S/C16H26N2.H2O/c1-13(15-11-17-12-18-15)14-5-9-16(10-6-14)7-3-2-4-8-16;/h11-14H,2-10H2,1H3,(H,17,18);1H2. The van der Waals surface area contributed by atoms with Gasteiger partial charge in [0, 0.05) is 17.8 Å². The summed E-state index contributed by atoms with van der Waals surface area (Å²) in [6.07, 6.45) is 17.1. The van der Waals surface area contributed by atoms with Crippen molar-refractivity contribution < 1.29 is 5.48 Å². The first-order chi connectivity index (χ1) is 8.79. The van der Waals surface area contributed by atoms with Crippen molar-refractivity contribution in [1.82, 2.24) is 9.97 Å². The molecule has 1 aromatic rings. The SMILES string of the molecule is CC(c1cnc[nH]1)C1CCC2(CCCCC2)CC1.O. The van der Waals surface area contributed by atoms with Gasteiger partial charge in [0.1, 0.15) is 0 Å².